The Bertz CT molecular complexity index is 553. The summed E-state index contributed by atoms with van der Waals surface area (Å²) in [6.45, 7) is 7.43. The molecular weight excluding hydrogens is 304 g/mol. The maximum absolute atomic E-state index is 12.9. The Hall–Kier alpha value is -1.40. The van der Waals surface area contributed by atoms with E-state index < -0.39 is 0 Å². The number of hydrogen-bond acceptors (Lipinski definition) is 4. The van der Waals surface area contributed by atoms with Crippen LogP contribution in [0, 0.1) is 6.92 Å². The third-order valence-electron chi connectivity index (χ3n) is 5.75. The number of carbonyl (C=O) groups excluding carboxylic acids is 1. The van der Waals surface area contributed by atoms with Gasteiger partial charge < -0.3 is 10.0 Å². The van der Waals surface area contributed by atoms with Crippen molar-refractivity contribution in [3.8, 4) is 0 Å². The highest BCUT2D eigenvalue weighted by Gasteiger charge is 2.28. The van der Waals surface area contributed by atoms with Gasteiger partial charge in [-0.25, -0.2) is 0 Å². The Labute approximate surface area is 144 Å². The standard InChI is InChI=1S/C18H30N4O2/c1-3-15(13-23)20-8-10-21(11-9-20)18(24)17-12-19-22(14(17)2)16-6-4-5-7-16/h12,15-16,23H,3-11,13H2,1-2H3. The van der Waals surface area contributed by atoms with E-state index in [9.17, 15) is 9.90 Å². The van der Waals surface area contributed by atoms with Crippen molar-refractivity contribution in [1.82, 2.24) is 19.6 Å². The molecule has 0 aromatic carbocycles. The molecule has 1 amide bonds. The van der Waals surface area contributed by atoms with Gasteiger partial charge in [0.15, 0.2) is 0 Å². The summed E-state index contributed by atoms with van der Waals surface area (Å²) in [4.78, 5) is 17.1. The second kappa shape index (κ2) is 7.66. The number of nitrogens with zero attached hydrogens (tertiary/aromatic N) is 4. The van der Waals surface area contributed by atoms with E-state index in [1.807, 2.05) is 11.8 Å². The van der Waals surface area contributed by atoms with Gasteiger partial charge in [0, 0.05) is 37.9 Å². The lowest BCUT2D eigenvalue weighted by molar-refractivity contribution is 0.0471. The summed E-state index contributed by atoms with van der Waals surface area (Å²) in [6.07, 6.45) is 7.57. The summed E-state index contributed by atoms with van der Waals surface area (Å²) in [5.41, 5.74) is 1.76. The fraction of sp³-hybridized carbons (Fsp3) is 0.778. The van der Waals surface area contributed by atoms with Gasteiger partial charge in [0.2, 0.25) is 0 Å². The average Bonchev–Trinajstić information content (AvgIpc) is 3.25. The summed E-state index contributed by atoms with van der Waals surface area (Å²) >= 11 is 0. The number of aliphatic hydroxyl groups excluding tert-OH is 1. The van der Waals surface area contributed by atoms with Crippen LogP contribution in [0.25, 0.3) is 0 Å². The van der Waals surface area contributed by atoms with Crippen molar-refractivity contribution in [2.24, 2.45) is 0 Å². The van der Waals surface area contributed by atoms with Gasteiger partial charge in [0.05, 0.1) is 24.4 Å². The lowest BCUT2D eigenvalue weighted by atomic mass is 10.1. The van der Waals surface area contributed by atoms with Crippen molar-refractivity contribution in [3.63, 3.8) is 0 Å². The number of aromatic nitrogens is 2. The quantitative estimate of drug-likeness (QED) is 0.892. The van der Waals surface area contributed by atoms with Crippen molar-refractivity contribution in [2.75, 3.05) is 32.8 Å². The molecule has 1 aliphatic carbocycles. The zero-order valence-corrected chi connectivity index (χ0v) is 14.9. The zero-order valence-electron chi connectivity index (χ0n) is 14.9. The Kier molecular flexibility index (Phi) is 5.56. The first kappa shape index (κ1) is 17.4. The molecule has 2 aliphatic rings. The number of aliphatic hydroxyl groups is 1. The fourth-order valence-electron chi connectivity index (χ4n) is 4.11. The van der Waals surface area contributed by atoms with Crippen molar-refractivity contribution < 1.29 is 9.90 Å². The lowest BCUT2D eigenvalue weighted by Gasteiger charge is -2.38. The van der Waals surface area contributed by atoms with Crippen LogP contribution in [0.2, 0.25) is 0 Å². The minimum Gasteiger partial charge on any atom is -0.395 e. The van der Waals surface area contributed by atoms with E-state index in [1.54, 1.807) is 6.20 Å². The number of carbonyl (C=O) groups is 1. The summed E-state index contributed by atoms with van der Waals surface area (Å²) in [5, 5.41) is 14.0. The maximum atomic E-state index is 12.9. The van der Waals surface area contributed by atoms with Crippen LogP contribution in [0.4, 0.5) is 0 Å². The molecule has 0 spiro atoms. The third-order valence-corrected chi connectivity index (χ3v) is 5.75. The topological polar surface area (TPSA) is 61.6 Å². The van der Waals surface area contributed by atoms with E-state index in [1.165, 1.54) is 25.7 Å². The van der Waals surface area contributed by atoms with Crippen molar-refractivity contribution in [1.29, 1.82) is 0 Å². The van der Waals surface area contributed by atoms with E-state index >= 15 is 0 Å². The molecule has 24 heavy (non-hydrogen) atoms. The predicted molar refractivity (Wildman–Crippen MR) is 93.1 cm³/mol. The van der Waals surface area contributed by atoms with Crippen molar-refractivity contribution in [3.05, 3.63) is 17.5 Å². The molecule has 134 valence electrons. The lowest BCUT2D eigenvalue weighted by Crippen LogP contribution is -2.52. The van der Waals surface area contributed by atoms with E-state index in [2.05, 4.69) is 21.6 Å². The molecular formula is C18H30N4O2. The molecule has 6 heteroatoms. The first-order chi connectivity index (χ1) is 11.7. The first-order valence-corrected chi connectivity index (χ1v) is 9.34. The zero-order chi connectivity index (χ0) is 17.1. The van der Waals surface area contributed by atoms with Gasteiger partial charge in [-0.05, 0) is 26.2 Å². The summed E-state index contributed by atoms with van der Waals surface area (Å²) < 4.78 is 2.06. The molecule has 1 atom stereocenters. The molecule has 2 heterocycles. The monoisotopic (exact) mass is 334 g/mol. The molecule has 0 bridgehead atoms. The molecule has 1 saturated carbocycles. The predicted octanol–water partition coefficient (Wildman–Crippen LogP) is 1.84. The molecule has 2 fully saturated rings. The Morgan fingerprint density at radius 2 is 1.96 bits per heavy atom. The van der Waals surface area contributed by atoms with E-state index in [0.29, 0.717) is 6.04 Å². The molecule has 6 nitrogen and oxygen atoms in total. The van der Waals surface area contributed by atoms with Gasteiger partial charge >= 0.3 is 0 Å². The SMILES string of the molecule is CCC(CO)N1CCN(C(=O)c2cnn(C3CCCC3)c2C)CC1. The van der Waals surface area contributed by atoms with Crippen LogP contribution in [-0.4, -0.2) is 69.4 Å². The highest BCUT2D eigenvalue weighted by Crippen LogP contribution is 2.30. The Balaban J connectivity index is 1.63. The van der Waals surface area contributed by atoms with Crippen LogP contribution in [0.3, 0.4) is 0 Å². The highest BCUT2D eigenvalue weighted by atomic mass is 16.3. The van der Waals surface area contributed by atoms with Crippen molar-refractivity contribution in [2.45, 2.75) is 58.0 Å². The Morgan fingerprint density at radius 1 is 1.29 bits per heavy atom. The molecule has 1 saturated heterocycles. The van der Waals surface area contributed by atoms with Gasteiger partial charge in [0.25, 0.3) is 5.91 Å². The third kappa shape index (κ3) is 3.35. The Morgan fingerprint density at radius 3 is 2.54 bits per heavy atom. The molecule has 1 N–H and O–H groups in total. The van der Waals surface area contributed by atoms with Gasteiger partial charge in [-0.3, -0.25) is 14.4 Å². The van der Waals surface area contributed by atoms with Crippen LogP contribution in [0.1, 0.15) is 61.1 Å². The number of rotatable bonds is 5. The molecule has 1 aromatic heterocycles. The molecule has 1 aliphatic heterocycles. The van der Waals surface area contributed by atoms with Gasteiger partial charge in [-0.1, -0.05) is 19.8 Å². The largest absolute Gasteiger partial charge is 0.395 e. The van der Waals surface area contributed by atoms with E-state index in [4.69, 9.17) is 0 Å². The first-order valence-electron chi connectivity index (χ1n) is 9.34. The second-order valence-electron chi connectivity index (χ2n) is 7.10. The van der Waals surface area contributed by atoms with Crippen LogP contribution >= 0.6 is 0 Å². The molecule has 1 aromatic rings. The molecule has 1 unspecified atom stereocenters. The van der Waals surface area contributed by atoms with Crippen molar-refractivity contribution >= 4 is 5.91 Å². The van der Waals surface area contributed by atoms with Crippen LogP contribution in [0.15, 0.2) is 6.20 Å². The average molecular weight is 334 g/mol. The fourth-order valence-corrected chi connectivity index (χ4v) is 4.11. The van der Waals surface area contributed by atoms with Crippen LogP contribution < -0.4 is 0 Å². The molecule has 3 rings (SSSR count). The molecule has 0 radical (unpaired) electrons. The minimum absolute atomic E-state index is 0.105. The van der Waals surface area contributed by atoms with Gasteiger partial charge in [0.1, 0.15) is 0 Å². The normalized spacial score (nSPS) is 21.4. The van der Waals surface area contributed by atoms with E-state index in [0.717, 1.165) is 43.9 Å². The van der Waals surface area contributed by atoms with Gasteiger partial charge in [-0.2, -0.15) is 5.10 Å². The minimum atomic E-state index is 0.105. The summed E-state index contributed by atoms with van der Waals surface area (Å²) in [7, 11) is 0. The smallest absolute Gasteiger partial charge is 0.257 e. The van der Waals surface area contributed by atoms with Gasteiger partial charge in [-0.15, -0.1) is 0 Å². The van der Waals surface area contributed by atoms with Crippen LogP contribution in [0.5, 0.6) is 0 Å². The maximum Gasteiger partial charge on any atom is 0.257 e. The number of amides is 1. The highest BCUT2D eigenvalue weighted by molar-refractivity contribution is 5.95. The van der Waals surface area contributed by atoms with E-state index in [-0.39, 0.29) is 18.6 Å². The number of piperazine rings is 1. The van der Waals surface area contributed by atoms with Crippen LogP contribution in [-0.2, 0) is 0 Å². The summed E-state index contributed by atoms with van der Waals surface area (Å²) in [5.74, 6) is 0.105. The number of hydrogen-bond donors (Lipinski definition) is 1. The summed E-state index contributed by atoms with van der Waals surface area (Å²) in [6, 6.07) is 0.687. The second-order valence-corrected chi connectivity index (χ2v) is 7.10.